The highest BCUT2D eigenvalue weighted by molar-refractivity contribution is 9.10. The standard InChI is InChI=1S/C16H11BrN4OS/c17-12-6-4-5-11(9-12)15-18-19-16-21(15)20-14(23-16)10-22-13-7-2-1-3-8-13/h1-9H,10H2. The molecule has 4 rings (SSSR count). The molecule has 0 N–H and O–H groups in total. The van der Waals surface area contributed by atoms with Gasteiger partial charge in [-0.1, -0.05) is 57.6 Å². The Kier molecular flexibility index (Phi) is 3.80. The number of rotatable bonds is 4. The first-order valence-electron chi connectivity index (χ1n) is 6.94. The second kappa shape index (κ2) is 6.10. The van der Waals surface area contributed by atoms with Crippen LogP contribution in [0.1, 0.15) is 5.01 Å². The summed E-state index contributed by atoms with van der Waals surface area (Å²) >= 11 is 4.95. The highest BCUT2D eigenvalue weighted by atomic mass is 79.9. The van der Waals surface area contributed by atoms with Gasteiger partial charge in [0.25, 0.3) is 0 Å². The molecule has 2 heterocycles. The first-order chi connectivity index (χ1) is 11.3. The highest BCUT2D eigenvalue weighted by Gasteiger charge is 2.13. The summed E-state index contributed by atoms with van der Waals surface area (Å²) in [5.74, 6) is 1.55. The Bertz CT molecular complexity index is 951. The van der Waals surface area contributed by atoms with E-state index in [1.807, 2.05) is 54.6 Å². The van der Waals surface area contributed by atoms with Gasteiger partial charge in [-0.2, -0.15) is 9.61 Å². The second-order valence-corrected chi connectivity index (χ2v) is 6.78. The molecule has 0 spiro atoms. The predicted molar refractivity (Wildman–Crippen MR) is 92.6 cm³/mol. The number of ether oxygens (including phenoxy) is 1. The zero-order valence-corrected chi connectivity index (χ0v) is 14.3. The molecule has 7 heteroatoms. The second-order valence-electron chi connectivity index (χ2n) is 4.83. The van der Waals surface area contributed by atoms with Crippen LogP contribution in [0.25, 0.3) is 16.3 Å². The molecule has 2 aromatic carbocycles. The first-order valence-corrected chi connectivity index (χ1v) is 8.55. The first kappa shape index (κ1) is 14.3. The van der Waals surface area contributed by atoms with Crippen LogP contribution in [0.2, 0.25) is 0 Å². The van der Waals surface area contributed by atoms with Crippen LogP contribution >= 0.6 is 27.3 Å². The summed E-state index contributed by atoms with van der Waals surface area (Å²) in [5.41, 5.74) is 0.965. The van der Waals surface area contributed by atoms with Crippen molar-refractivity contribution in [3.63, 3.8) is 0 Å². The van der Waals surface area contributed by atoms with Crippen molar-refractivity contribution in [3.8, 4) is 17.1 Å². The Balaban J connectivity index is 1.62. The van der Waals surface area contributed by atoms with Crippen molar-refractivity contribution < 1.29 is 4.74 Å². The van der Waals surface area contributed by atoms with Gasteiger partial charge in [-0.05, 0) is 24.3 Å². The summed E-state index contributed by atoms with van der Waals surface area (Å²) in [5, 5.41) is 13.8. The van der Waals surface area contributed by atoms with Crippen LogP contribution in [0, 0.1) is 0 Å². The summed E-state index contributed by atoms with van der Waals surface area (Å²) in [6, 6.07) is 17.6. The van der Waals surface area contributed by atoms with Gasteiger partial charge in [-0.15, -0.1) is 10.2 Å². The van der Waals surface area contributed by atoms with Crippen molar-refractivity contribution in [1.82, 2.24) is 19.8 Å². The lowest BCUT2D eigenvalue weighted by Crippen LogP contribution is -1.97. The van der Waals surface area contributed by atoms with Crippen LogP contribution in [0.4, 0.5) is 0 Å². The fraction of sp³-hybridized carbons (Fsp3) is 0.0625. The minimum Gasteiger partial charge on any atom is -0.486 e. The quantitative estimate of drug-likeness (QED) is 0.527. The van der Waals surface area contributed by atoms with Crippen molar-refractivity contribution in [2.24, 2.45) is 0 Å². The molecule has 4 aromatic rings. The minimum absolute atomic E-state index is 0.413. The van der Waals surface area contributed by atoms with E-state index >= 15 is 0 Å². The fourth-order valence-corrected chi connectivity index (χ4v) is 3.33. The molecule has 0 radical (unpaired) electrons. The Morgan fingerprint density at radius 1 is 1.04 bits per heavy atom. The Hall–Kier alpha value is -2.25. The molecule has 0 atom stereocenters. The van der Waals surface area contributed by atoms with E-state index in [-0.39, 0.29) is 0 Å². The zero-order valence-electron chi connectivity index (χ0n) is 11.9. The van der Waals surface area contributed by atoms with Crippen LogP contribution in [0.5, 0.6) is 5.75 Å². The third kappa shape index (κ3) is 2.97. The van der Waals surface area contributed by atoms with Gasteiger partial charge >= 0.3 is 0 Å². The molecule has 5 nitrogen and oxygen atoms in total. The summed E-state index contributed by atoms with van der Waals surface area (Å²) in [6.07, 6.45) is 0. The molecule has 0 saturated carbocycles. The summed E-state index contributed by atoms with van der Waals surface area (Å²) in [7, 11) is 0. The molecule has 0 bridgehead atoms. The average molecular weight is 387 g/mol. The number of nitrogens with zero attached hydrogens (tertiary/aromatic N) is 4. The molecule has 0 aliphatic rings. The Morgan fingerprint density at radius 2 is 1.91 bits per heavy atom. The van der Waals surface area contributed by atoms with Crippen molar-refractivity contribution >= 4 is 32.2 Å². The van der Waals surface area contributed by atoms with Gasteiger partial charge in [-0.25, -0.2) is 0 Å². The van der Waals surface area contributed by atoms with Crippen LogP contribution < -0.4 is 4.74 Å². The van der Waals surface area contributed by atoms with Crippen LogP contribution in [0.15, 0.2) is 59.1 Å². The molecule has 0 aliphatic heterocycles. The van der Waals surface area contributed by atoms with E-state index in [2.05, 4.69) is 31.2 Å². The number of aromatic nitrogens is 4. The number of hydrogen-bond acceptors (Lipinski definition) is 5. The lowest BCUT2D eigenvalue weighted by molar-refractivity contribution is 0.304. The van der Waals surface area contributed by atoms with Crippen molar-refractivity contribution in [2.45, 2.75) is 6.61 Å². The molecule has 114 valence electrons. The van der Waals surface area contributed by atoms with Gasteiger partial charge in [0, 0.05) is 10.0 Å². The van der Waals surface area contributed by atoms with Crippen LogP contribution in [0.3, 0.4) is 0 Å². The van der Waals surface area contributed by atoms with Crippen LogP contribution in [-0.2, 0) is 6.61 Å². The van der Waals surface area contributed by atoms with Gasteiger partial charge in [0.1, 0.15) is 12.4 Å². The number of hydrogen-bond donors (Lipinski definition) is 0. The average Bonchev–Trinajstić information content (AvgIpc) is 3.14. The van der Waals surface area contributed by atoms with E-state index < -0.39 is 0 Å². The molecule has 0 amide bonds. The molecular formula is C16H11BrN4OS. The van der Waals surface area contributed by atoms with Crippen molar-refractivity contribution in [2.75, 3.05) is 0 Å². The van der Waals surface area contributed by atoms with E-state index in [1.54, 1.807) is 4.52 Å². The SMILES string of the molecule is Brc1cccc(-c2nnc3sc(COc4ccccc4)nn23)c1. The van der Waals surface area contributed by atoms with E-state index in [4.69, 9.17) is 4.74 Å². The normalized spacial score (nSPS) is 11.0. The number of halogens is 1. The largest absolute Gasteiger partial charge is 0.486 e. The molecule has 0 aliphatic carbocycles. The maximum Gasteiger partial charge on any atom is 0.235 e. The maximum atomic E-state index is 5.73. The van der Waals surface area contributed by atoms with Crippen molar-refractivity contribution in [3.05, 3.63) is 64.1 Å². The van der Waals surface area contributed by atoms with E-state index in [9.17, 15) is 0 Å². The Morgan fingerprint density at radius 3 is 2.74 bits per heavy atom. The third-order valence-electron chi connectivity index (χ3n) is 3.22. The van der Waals surface area contributed by atoms with Gasteiger partial charge in [0.2, 0.25) is 4.96 Å². The molecule has 2 aromatic heterocycles. The fourth-order valence-electron chi connectivity index (χ4n) is 2.18. The number of para-hydroxylation sites is 1. The molecule has 0 saturated heterocycles. The predicted octanol–water partition coefficient (Wildman–Crippen LogP) is 4.19. The third-order valence-corrected chi connectivity index (χ3v) is 4.59. The van der Waals surface area contributed by atoms with Gasteiger partial charge in [0.15, 0.2) is 10.8 Å². The van der Waals surface area contributed by atoms with Gasteiger partial charge in [0.05, 0.1) is 0 Å². The van der Waals surface area contributed by atoms with Gasteiger partial charge in [-0.3, -0.25) is 0 Å². The molecular weight excluding hydrogens is 376 g/mol. The number of fused-ring (bicyclic) bond motifs is 1. The van der Waals surface area contributed by atoms with E-state index in [1.165, 1.54) is 11.3 Å². The lowest BCUT2D eigenvalue weighted by atomic mass is 10.2. The topological polar surface area (TPSA) is 52.3 Å². The lowest BCUT2D eigenvalue weighted by Gasteiger charge is -2.02. The van der Waals surface area contributed by atoms with E-state index in [0.29, 0.717) is 6.61 Å². The van der Waals surface area contributed by atoms with E-state index in [0.717, 1.165) is 31.6 Å². The highest BCUT2D eigenvalue weighted by Crippen LogP contribution is 2.24. The Labute approximate surface area is 144 Å². The maximum absolute atomic E-state index is 5.73. The monoisotopic (exact) mass is 386 g/mol. The zero-order chi connectivity index (χ0) is 15.6. The molecule has 23 heavy (non-hydrogen) atoms. The minimum atomic E-state index is 0.413. The molecule has 0 unspecified atom stereocenters. The van der Waals surface area contributed by atoms with Crippen LogP contribution in [-0.4, -0.2) is 19.8 Å². The molecule has 0 fully saturated rings. The number of benzene rings is 2. The summed E-state index contributed by atoms with van der Waals surface area (Å²) in [6.45, 7) is 0.413. The summed E-state index contributed by atoms with van der Waals surface area (Å²) in [4.78, 5) is 0.756. The van der Waals surface area contributed by atoms with Crippen molar-refractivity contribution in [1.29, 1.82) is 0 Å². The summed E-state index contributed by atoms with van der Waals surface area (Å²) < 4.78 is 8.49. The smallest absolute Gasteiger partial charge is 0.235 e. The van der Waals surface area contributed by atoms with Gasteiger partial charge < -0.3 is 4.74 Å².